The van der Waals surface area contributed by atoms with Crippen molar-refractivity contribution in [1.29, 1.82) is 0 Å². The minimum Gasteiger partial charge on any atom is -0.386 e. The Bertz CT molecular complexity index is 805. The molecule has 1 aromatic heterocycles. The van der Waals surface area contributed by atoms with Crippen LogP contribution in [-0.2, 0) is 17.9 Å². The minimum atomic E-state index is 0.141. The van der Waals surface area contributed by atoms with Crippen molar-refractivity contribution < 1.29 is 9.36 Å². The summed E-state index contributed by atoms with van der Waals surface area (Å²) in [6.45, 7) is 4.30. The first-order valence-electron chi connectivity index (χ1n) is 7.88. The largest absolute Gasteiger partial charge is 0.386 e. The average Bonchev–Trinajstić information content (AvgIpc) is 3.09. The normalized spacial score (nSPS) is 11.1. The van der Waals surface area contributed by atoms with Gasteiger partial charge in [0.25, 0.3) is 5.89 Å². The van der Waals surface area contributed by atoms with E-state index in [2.05, 4.69) is 34.4 Å². The summed E-state index contributed by atoms with van der Waals surface area (Å²) in [7, 11) is 0. The Morgan fingerprint density at radius 1 is 1.08 bits per heavy atom. The number of aromatic nitrogens is 2. The van der Waals surface area contributed by atoms with E-state index in [1.807, 2.05) is 43.3 Å². The van der Waals surface area contributed by atoms with E-state index in [0.717, 1.165) is 17.5 Å². The first-order chi connectivity index (χ1) is 11.7. The zero-order chi connectivity index (χ0) is 16.8. The van der Waals surface area contributed by atoms with Crippen molar-refractivity contribution in [2.45, 2.75) is 26.9 Å². The van der Waals surface area contributed by atoms with Crippen LogP contribution in [0.5, 0.6) is 0 Å². The lowest BCUT2D eigenvalue weighted by molar-refractivity contribution is 0.107. The fourth-order valence-electron chi connectivity index (χ4n) is 2.16. The van der Waals surface area contributed by atoms with Gasteiger partial charge in [-0.05, 0) is 24.5 Å². The fourth-order valence-corrected chi connectivity index (χ4v) is 2.16. The summed E-state index contributed by atoms with van der Waals surface area (Å²) in [6, 6.07) is 16.1. The van der Waals surface area contributed by atoms with Crippen LogP contribution >= 0.6 is 0 Å². The maximum Gasteiger partial charge on any atom is 0.267 e. The lowest BCUT2D eigenvalue weighted by Gasteiger charge is -1.97. The van der Waals surface area contributed by atoms with Crippen LogP contribution in [-0.4, -0.2) is 16.4 Å². The van der Waals surface area contributed by atoms with Crippen LogP contribution in [0.4, 0.5) is 0 Å². The number of hydrogen-bond acceptors (Lipinski definition) is 5. The van der Waals surface area contributed by atoms with Gasteiger partial charge in [0.2, 0.25) is 5.82 Å². The predicted octanol–water partition coefficient (Wildman–Crippen LogP) is 4.16. The van der Waals surface area contributed by atoms with E-state index in [9.17, 15) is 0 Å². The highest BCUT2D eigenvalue weighted by atomic mass is 16.6. The highest BCUT2D eigenvalue weighted by Gasteiger charge is 2.08. The summed E-state index contributed by atoms with van der Waals surface area (Å²) in [5, 5.41) is 7.89. The third kappa shape index (κ3) is 4.07. The summed E-state index contributed by atoms with van der Waals surface area (Å²) >= 11 is 0. The molecule has 0 bridgehead atoms. The van der Waals surface area contributed by atoms with Crippen LogP contribution in [0.25, 0.3) is 11.4 Å². The third-order valence-corrected chi connectivity index (χ3v) is 3.63. The molecule has 0 saturated heterocycles. The highest BCUT2D eigenvalue weighted by Crippen LogP contribution is 2.17. The van der Waals surface area contributed by atoms with Crippen LogP contribution in [0, 0.1) is 6.92 Å². The Morgan fingerprint density at radius 3 is 2.54 bits per heavy atom. The van der Waals surface area contributed by atoms with Gasteiger partial charge in [0, 0.05) is 5.56 Å². The van der Waals surface area contributed by atoms with E-state index in [4.69, 9.17) is 9.36 Å². The van der Waals surface area contributed by atoms with Gasteiger partial charge in [-0.2, -0.15) is 4.98 Å². The van der Waals surface area contributed by atoms with E-state index in [-0.39, 0.29) is 6.61 Å². The molecule has 0 amide bonds. The second kappa shape index (κ2) is 7.55. The molecule has 0 aliphatic rings. The summed E-state index contributed by atoms with van der Waals surface area (Å²) in [4.78, 5) is 9.53. The number of benzene rings is 2. The van der Waals surface area contributed by atoms with Gasteiger partial charge >= 0.3 is 0 Å². The zero-order valence-electron chi connectivity index (χ0n) is 13.8. The van der Waals surface area contributed by atoms with Crippen molar-refractivity contribution in [3.8, 4) is 11.4 Å². The van der Waals surface area contributed by atoms with Gasteiger partial charge in [0.1, 0.15) is 0 Å². The summed E-state index contributed by atoms with van der Waals surface area (Å²) in [6.07, 6.45) is 2.66. The molecule has 3 rings (SSSR count). The zero-order valence-corrected chi connectivity index (χ0v) is 13.8. The number of oxime groups is 1. The molecule has 3 aromatic rings. The van der Waals surface area contributed by atoms with E-state index >= 15 is 0 Å². The highest BCUT2D eigenvalue weighted by molar-refractivity contribution is 5.79. The molecule has 24 heavy (non-hydrogen) atoms. The predicted molar refractivity (Wildman–Crippen MR) is 92.7 cm³/mol. The van der Waals surface area contributed by atoms with Crippen molar-refractivity contribution in [3.05, 3.63) is 71.1 Å². The monoisotopic (exact) mass is 321 g/mol. The Hall–Kier alpha value is -2.95. The van der Waals surface area contributed by atoms with Crippen LogP contribution in [0.15, 0.2) is 58.2 Å². The van der Waals surface area contributed by atoms with Gasteiger partial charge in [-0.15, -0.1) is 0 Å². The van der Waals surface area contributed by atoms with Crippen molar-refractivity contribution in [1.82, 2.24) is 10.1 Å². The number of rotatable bonds is 6. The molecule has 2 aromatic carbocycles. The summed E-state index contributed by atoms with van der Waals surface area (Å²) < 4.78 is 5.18. The first kappa shape index (κ1) is 15.9. The number of aryl methyl sites for hydroxylation is 2. The van der Waals surface area contributed by atoms with Gasteiger partial charge in [-0.25, -0.2) is 0 Å². The molecule has 122 valence electrons. The Labute approximate surface area is 141 Å². The lowest BCUT2D eigenvalue weighted by atomic mass is 10.1. The maximum atomic E-state index is 5.21. The first-order valence-corrected chi connectivity index (χ1v) is 7.88. The summed E-state index contributed by atoms with van der Waals surface area (Å²) in [5.74, 6) is 0.949. The van der Waals surface area contributed by atoms with Gasteiger partial charge in [0.15, 0.2) is 6.61 Å². The second-order valence-corrected chi connectivity index (χ2v) is 5.48. The molecule has 5 heteroatoms. The van der Waals surface area contributed by atoms with Crippen molar-refractivity contribution in [3.63, 3.8) is 0 Å². The third-order valence-electron chi connectivity index (χ3n) is 3.63. The molecular formula is C19H19N3O2. The molecule has 0 unspecified atom stereocenters. The molecule has 1 heterocycles. The standard InChI is InChI=1S/C19H19N3O2/c1-3-15-8-10-17(11-9-15)19-21-18(24-22-19)13-23-20-12-16-6-4-14(2)5-7-16/h4-12H,3,13H2,1-2H3/b20-12-. The molecule has 0 spiro atoms. The SMILES string of the molecule is CCc1ccc(-c2noc(CO/N=C\c3ccc(C)cc3)n2)cc1. The lowest BCUT2D eigenvalue weighted by Crippen LogP contribution is -1.89. The molecule has 0 atom stereocenters. The Kier molecular flexibility index (Phi) is 5.01. The smallest absolute Gasteiger partial charge is 0.267 e. The molecule has 0 aliphatic carbocycles. The molecule has 0 fully saturated rings. The van der Waals surface area contributed by atoms with Crippen molar-refractivity contribution in [2.24, 2.45) is 5.16 Å². The Balaban J connectivity index is 1.56. The van der Waals surface area contributed by atoms with E-state index in [0.29, 0.717) is 11.7 Å². The van der Waals surface area contributed by atoms with E-state index in [1.165, 1.54) is 11.1 Å². The van der Waals surface area contributed by atoms with Crippen molar-refractivity contribution >= 4 is 6.21 Å². The Morgan fingerprint density at radius 2 is 1.83 bits per heavy atom. The molecule has 0 saturated carbocycles. The average molecular weight is 321 g/mol. The van der Waals surface area contributed by atoms with E-state index in [1.54, 1.807) is 6.21 Å². The topological polar surface area (TPSA) is 60.5 Å². The fraction of sp³-hybridized carbons (Fsp3) is 0.211. The minimum absolute atomic E-state index is 0.141. The van der Waals surface area contributed by atoms with E-state index < -0.39 is 0 Å². The maximum absolute atomic E-state index is 5.21. The van der Waals surface area contributed by atoms with Crippen LogP contribution in [0.1, 0.15) is 29.5 Å². The molecule has 0 N–H and O–H groups in total. The summed E-state index contributed by atoms with van der Waals surface area (Å²) in [5.41, 5.74) is 4.38. The molecule has 0 aliphatic heterocycles. The molecule has 0 radical (unpaired) electrons. The van der Waals surface area contributed by atoms with Gasteiger partial charge in [-0.3, -0.25) is 0 Å². The number of hydrogen-bond donors (Lipinski definition) is 0. The van der Waals surface area contributed by atoms with Gasteiger partial charge < -0.3 is 9.36 Å². The van der Waals surface area contributed by atoms with Crippen molar-refractivity contribution in [2.75, 3.05) is 0 Å². The number of nitrogens with zero attached hydrogens (tertiary/aromatic N) is 3. The van der Waals surface area contributed by atoms with Crippen LogP contribution in [0.3, 0.4) is 0 Å². The van der Waals surface area contributed by atoms with Crippen LogP contribution < -0.4 is 0 Å². The second-order valence-electron chi connectivity index (χ2n) is 5.48. The molecular weight excluding hydrogens is 302 g/mol. The molecule has 5 nitrogen and oxygen atoms in total. The van der Waals surface area contributed by atoms with Gasteiger partial charge in [0.05, 0.1) is 6.21 Å². The van der Waals surface area contributed by atoms with Crippen LogP contribution in [0.2, 0.25) is 0 Å². The van der Waals surface area contributed by atoms with Gasteiger partial charge in [-0.1, -0.05) is 71.3 Å². The quantitative estimate of drug-likeness (QED) is 0.505.